The summed E-state index contributed by atoms with van der Waals surface area (Å²) < 4.78 is 0. The molecule has 2 N–H and O–H groups in total. The van der Waals surface area contributed by atoms with E-state index < -0.39 is 5.97 Å². The van der Waals surface area contributed by atoms with Crippen LogP contribution in [0.2, 0.25) is 0 Å². The van der Waals surface area contributed by atoms with Gasteiger partial charge >= 0.3 is 5.97 Å². The molecule has 0 aliphatic heterocycles. The third-order valence-corrected chi connectivity index (χ3v) is 4.30. The highest BCUT2D eigenvalue weighted by Gasteiger charge is 2.16. The van der Waals surface area contributed by atoms with Gasteiger partial charge in [0.25, 0.3) is 0 Å². The molecule has 0 unspecified atom stereocenters. The van der Waals surface area contributed by atoms with Crippen molar-refractivity contribution in [2.75, 3.05) is 5.32 Å². The Balaban J connectivity index is 1.95. The number of allylic oxidation sites excluding steroid dienone is 3. The first-order valence-electron chi connectivity index (χ1n) is 8.41. The summed E-state index contributed by atoms with van der Waals surface area (Å²) in [5.41, 5.74) is 4.41. The summed E-state index contributed by atoms with van der Waals surface area (Å²) in [6, 6.07) is 9.89. The number of anilines is 1. The van der Waals surface area contributed by atoms with Gasteiger partial charge in [-0.15, -0.1) is 0 Å². The van der Waals surface area contributed by atoms with E-state index in [0.717, 1.165) is 34.8 Å². The Morgan fingerprint density at radius 2 is 1.92 bits per heavy atom. The van der Waals surface area contributed by atoms with Gasteiger partial charge in [-0.3, -0.25) is 0 Å². The van der Waals surface area contributed by atoms with Crippen LogP contribution in [0.15, 0.2) is 53.8 Å². The highest BCUT2D eigenvalue weighted by atomic mass is 16.4. The predicted octanol–water partition coefficient (Wildman–Crippen LogP) is 4.12. The molecule has 2 aromatic rings. The summed E-state index contributed by atoms with van der Waals surface area (Å²) in [4.78, 5) is 20.4. The summed E-state index contributed by atoms with van der Waals surface area (Å²) in [7, 11) is 0. The monoisotopic (exact) mass is 335 g/mol. The minimum Gasteiger partial charge on any atom is -0.478 e. The molecule has 1 aromatic heterocycles. The van der Waals surface area contributed by atoms with Crippen LogP contribution in [-0.4, -0.2) is 21.0 Å². The van der Waals surface area contributed by atoms with Gasteiger partial charge in [0.1, 0.15) is 5.82 Å². The molecule has 3 rings (SSSR count). The first-order chi connectivity index (χ1) is 12.1. The topological polar surface area (TPSA) is 75.1 Å². The van der Waals surface area contributed by atoms with Crippen LogP contribution < -0.4 is 5.32 Å². The molecule has 5 nitrogen and oxygen atoms in total. The molecule has 1 aromatic carbocycles. The zero-order chi connectivity index (χ0) is 17.8. The minimum absolute atomic E-state index is 0.435. The average Bonchev–Trinajstić information content (AvgIpc) is 2.62. The van der Waals surface area contributed by atoms with Crippen molar-refractivity contribution in [3.63, 3.8) is 0 Å². The SMILES string of the molecule is CCc1c(C)nc(-c2ccccc2)nc1NC1=CC=C(C(=O)O)CC1. The number of aromatic nitrogens is 2. The van der Waals surface area contributed by atoms with Crippen LogP contribution in [-0.2, 0) is 11.2 Å². The molecule has 128 valence electrons. The smallest absolute Gasteiger partial charge is 0.331 e. The molecular weight excluding hydrogens is 314 g/mol. The van der Waals surface area contributed by atoms with Crippen molar-refractivity contribution in [3.05, 3.63) is 65.0 Å². The Labute approximate surface area is 147 Å². The lowest BCUT2D eigenvalue weighted by Crippen LogP contribution is -2.12. The van der Waals surface area contributed by atoms with Crippen molar-refractivity contribution in [1.82, 2.24) is 9.97 Å². The number of hydrogen-bond donors (Lipinski definition) is 2. The highest BCUT2D eigenvalue weighted by molar-refractivity contribution is 5.87. The first-order valence-corrected chi connectivity index (χ1v) is 8.41. The largest absolute Gasteiger partial charge is 0.478 e. The lowest BCUT2D eigenvalue weighted by Gasteiger charge is -2.18. The quantitative estimate of drug-likeness (QED) is 0.860. The van der Waals surface area contributed by atoms with Crippen LogP contribution in [0.4, 0.5) is 5.82 Å². The molecule has 1 heterocycles. The molecule has 0 bridgehead atoms. The number of aliphatic carboxylic acids is 1. The Bertz CT molecular complexity index is 855. The molecule has 1 aliphatic rings. The number of benzene rings is 1. The van der Waals surface area contributed by atoms with E-state index in [-0.39, 0.29) is 0 Å². The number of hydrogen-bond acceptors (Lipinski definition) is 4. The molecule has 1 aliphatic carbocycles. The van der Waals surface area contributed by atoms with E-state index in [4.69, 9.17) is 10.1 Å². The number of nitrogens with zero attached hydrogens (tertiary/aromatic N) is 2. The van der Waals surface area contributed by atoms with Crippen LogP contribution in [0.1, 0.15) is 31.0 Å². The van der Waals surface area contributed by atoms with E-state index in [1.54, 1.807) is 6.08 Å². The molecule has 0 spiro atoms. The lowest BCUT2D eigenvalue weighted by molar-refractivity contribution is -0.132. The van der Waals surface area contributed by atoms with Crippen molar-refractivity contribution in [2.45, 2.75) is 33.1 Å². The third kappa shape index (κ3) is 3.76. The Hall–Kier alpha value is -2.95. The van der Waals surface area contributed by atoms with Gasteiger partial charge in [-0.05, 0) is 32.3 Å². The van der Waals surface area contributed by atoms with Gasteiger partial charge < -0.3 is 10.4 Å². The van der Waals surface area contributed by atoms with Crippen molar-refractivity contribution in [3.8, 4) is 11.4 Å². The molecule has 0 atom stereocenters. The zero-order valence-electron chi connectivity index (χ0n) is 14.4. The zero-order valence-corrected chi connectivity index (χ0v) is 14.4. The van der Waals surface area contributed by atoms with Gasteiger partial charge in [0.2, 0.25) is 0 Å². The third-order valence-electron chi connectivity index (χ3n) is 4.30. The van der Waals surface area contributed by atoms with E-state index in [1.165, 1.54) is 0 Å². The molecule has 25 heavy (non-hydrogen) atoms. The van der Waals surface area contributed by atoms with E-state index in [9.17, 15) is 4.79 Å². The van der Waals surface area contributed by atoms with Crippen LogP contribution in [0.5, 0.6) is 0 Å². The normalized spacial score (nSPS) is 13.8. The van der Waals surface area contributed by atoms with Crippen molar-refractivity contribution < 1.29 is 9.90 Å². The molecule has 0 fully saturated rings. The van der Waals surface area contributed by atoms with Crippen molar-refractivity contribution in [2.24, 2.45) is 0 Å². The number of aryl methyl sites for hydroxylation is 1. The van der Waals surface area contributed by atoms with Crippen molar-refractivity contribution >= 4 is 11.8 Å². The number of carboxylic acids is 1. The molecule has 0 radical (unpaired) electrons. The van der Waals surface area contributed by atoms with E-state index in [2.05, 4.69) is 17.2 Å². The predicted molar refractivity (Wildman–Crippen MR) is 98.2 cm³/mol. The minimum atomic E-state index is -0.853. The first kappa shape index (κ1) is 16.9. The van der Waals surface area contributed by atoms with E-state index in [0.29, 0.717) is 24.2 Å². The fourth-order valence-electron chi connectivity index (χ4n) is 2.91. The molecule has 5 heteroatoms. The standard InChI is InChI=1S/C20H21N3O2/c1-3-17-13(2)21-18(14-7-5-4-6-8-14)23-19(17)22-16-11-9-15(10-12-16)20(24)25/h4-9,11H,3,10,12H2,1-2H3,(H,24,25)(H,21,22,23). The highest BCUT2D eigenvalue weighted by Crippen LogP contribution is 2.26. The maximum Gasteiger partial charge on any atom is 0.331 e. The summed E-state index contributed by atoms with van der Waals surface area (Å²) in [6.45, 7) is 4.08. The molecule has 0 saturated carbocycles. The van der Waals surface area contributed by atoms with Gasteiger partial charge in [-0.25, -0.2) is 14.8 Å². The molecular formula is C20H21N3O2. The Morgan fingerprint density at radius 1 is 1.16 bits per heavy atom. The fraction of sp³-hybridized carbons (Fsp3) is 0.250. The second-order valence-corrected chi connectivity index (χ2v) is 5.99. The van der Waals surface area contributed by atoms with Gasteiger partial charge in [-0.2, -0.15) is 0 Å². The Morgan fingerprint density at radius 3 is 2.52 bits per heavy atom. The summed E-state index contributed by atoms with van der Waals surface area (Å²) in [5.74, 6) is 0.636. The van der Waals surface area contributed by atoms with Crippen LogP contribution in [0.25, 0.3) is 11.4 Å². The second-order valence-electron chi connectivity index (χ2n) is 5.99. The van der Waals surface area contributed by atoms with Gasteiger partial charge in [-0.1, -0.05) is 43.3 Å². The summed E-state index contributed by atoms with van der Waals surface area (Å²) in [6.07, 6.45) is 5.49. The number of carboxylic acid groups (broad SMARTS) is 1. The lowest BCUT2D eigenvalue weighted by atomic mass is 10.0. The summed E-state index contributed by atoms with van der Waals surface area (Å²) >= 11 is 0. The molecule has 0 saturated heterocycles. The van der Waals surface area contributed by atoms with Crippen molar-refractivity contribution in [1.29, 1.82) is 0 Å². The second kappa shape index (κ2) is 7.30. The van der Waals surface area contributed by atoms with Gasteiger partial charge in [0.15, 0.2) is 5.82 Å². The van der Waals surface area contributed by atoms with E-state index >= 15 is 0 Å². The maximum atomic E-state index is 11.0. The number of carbonyl (C=O) groups is 1. The van der Waals surface area contributed by atoms with E-state index in [1.807, 2.05) is 43.3 Å². The Kier molecular flexibility index (Phi) is 4.93. The fourth-order valence-corrected chi connectivity index (χ4v) is 2.91. The van der Waals surface area contributed by atoms with Gasteiger partial charge in [0, 0.05) is 28.1 Å². The van der Waals surface area contributed by atoms with Crippen LogP contribution >= 0.6 is 0 Å². The molecule has 0 amide bonds. The van der Waals surface area contributed by atoms with Crippen LogP contribution in [0.3, 0.4) is 0 Å². The maximum absolute atomic E-state index is 11.0. The van der Waals surface area contributed by atoms with Gasteiger partial charge in [0.05, 0.1) is 0 Å². The summed E-state index contributed by atoms with van der Waals surface area (Å²) in [5, 5.41) is 12.4. The van der Waals surface area contributed by atoms with Crippen LogP contribution in [0, 0.1) is 6.92 Å². The number of nitrogens with one attached hydrogen (secondary N) is 1. The average molecular weight is 335 g/mol. The number of rotatable bonds is 5.